The average Bonchev–Trinajstić information content (AvgIpc) is 2.64. The van der Waals surface area contributed by atoms with E-state index in [0.29, 0.717) is 18.8 Å². The Hall–Kier alpha value is -0.660. The second-order valence-corrected chi connectivity index (χ2v) is 7.78. The van der Waals surface area contributed by atoms with Crippen molar-refractivity contribution in [3.05, 3.63) is 0 Å². The van der Waals surface area contributed by atoms with Crippen LogP contribution in [0.4, 0.5) is 0 Å². The number of rotatable bonds is 6. The predicted molar refractivity (Wildman–Crippen MR) is 73.3 cm³/mol. The normalized spacial score (nSPS) is 23.5. The summed E-state index contributed by atoms with van der Waals surface area (Å²) in [6, 6.07) is -0.974. The van der Waals surface area contributed by atoms with Crippen molar-refractivity contribution in [1.29, 1.82) is 0 Å². The second kappa shape index (κ2) is 6.67. The monoisotopic (exact) mass is 292 g/mol. The topological polar surface area (TPSA) is 101 Å². The summed E-state index contributed by atoms with van der Waals surface area (Å²) in [6.07, 6.45) is 0.989. The minimum absolute atomic E-state index is 0.0207. The molecule has 3 N–H and O–H groups in total. The smallest absolute Gasteiger partial charge is 0.239 e. The number of carbonyl (C=O) groups excluding carboxylic acids is 1. The van der Waals surface area contributed by atoms with E-state index in [0.717, 1.165) is 0 Å². The zero-order valence-electron chi connectivity index (χ0n) is 11.6. The molecule has 0 aromatic heterocycles. The molecule has 2 atom stereocenters. The summed E-state index contributed by atoms with van der Waals surface area (Å²) in [5, 5.41) is 9.06. The van der Waals surface area contributed by atoms with E-state index in [1.807, 2.05) is 13.8 Å². The molecule has 1 saturated heterocycles. The first kappa shape index (κ1) is 16.4. The Morgan fingerprint density at radius 2 is 2.11 bits per heavy atom. The molecule has 1 aliphatic rings. The van der Waals surface area contributed by atoms with Crippen molar-refractivity contribution < 1.29 is 18.3 Å². The molecule has 19 heavy (non-hydrogen) atoms. The zero-order chi connectivity index (χ0) is 14.6. The van der Waals surface area contributed by atoms with Crippen molar-refractivity contribution in [1.82, 2.24) is 4.90 Å². The highest BCUT2D eigenvalue weighted by Crippen LogP contribution is 2.19. The molecule has 0 spiro atoms. The fraction of sp³-hybridized carbons (Fsp3) is 0.917. The predicted octanol–water partition coefficient (Wildman–Crippen LogP) is -0.632. The first-order chi connectivity index (χ1) is 8.76. The van der Waals surface area contributed by atoms with Gasteiger partial charge in [0, 0.05) is 12.6 Å². The van der Waals surface area contributed by atoms with Crippen LogP contribution < -0.4 is 5.73 Å². The van der Waals surface area contributed by atoms with Gasteiger partial charge >= 0.3 is 0 Å². The van der Waals surface area contributed by atoms with Gasteiger partial charge in [-0.25, -0.2) is 8.42 Å². The van der Waals surface area contributed by atoms with Crippen LogP contribution in [-0.2, 0) is 14.6 Å². The lowest BCUT2D eigenvalue weighted by molar-refractivity contribution is -0.135. The van der Waals surface area contributed by atoms with Crippen molar-refractivity contribution in [3.8, 4) is 0 Å². The second-order valence-electron chi connectivity index (χ2n) is 5.55. The number of sulfone groups is 1. The number of aliphatic hydroxyl groups is 1. The summed E-state index contributed by atoms with van der Waals surface area (Å²) < 4.78 is 23.0. The van der Waals surface area contributed by atoms with Crippen LogP contribution in [0, 0.1) is 5.92 Å². The van der Waals surface area contributed by atoms with Gasteiger partial charge in [0.15, 0.2) is 9.84 Å². The Bertz CT molecular complexity index is 408. The van der Waals surface area contributed by atoms with E-state index in [1.165, 1.54) is 4.90 Å². The first-order valence-electron chi connectivity index (χ1n) is 6.64. The Kier molecular flexibility index (Phi) is 5.76. The highest BCUT2D eigenvalue weighted by Gasteiger charge is 2.35. The van der Waals surface area contributed by atoms with Gasteiger partial charge in [0.2, 0.25) is 5.91 Å². The first-order valence-corrected chi connectivity index (χ1v) is 8.46. The quantitative estimate of drug-likeness (QED) is 0.678. The summed E-state index contributed by atoms with van der Waals surface area (Å²) in [7, 11) is -3.06. The molecule has 6 nitrogen and oxygen atoms in total. The molecule has 1 amide bonds. The molecule has 0 aliphatic carbocycles. The fourth-order valence-electron chi connectivity index (χ4n) is 2.42. The van der Waals surface area contributed by atoms with Gasteiger partial charge in [0.05, 0.1) is 24.2 Å². The minimum Gasteiger partial charge on any atom is -0.395 e. The molecule has 0 bridgehead atoms. The van der Waals surface area contributed by atoms with Crippen molar-refractivity contribution in [2.75, 3.05) is 24.7 Å². The van der Waals surface area contributed by atoms with Gasteiger partial charge in [-0.1, -0.05) is 13.8 Å². The van der Waals surface area contributed by atoms with Gasteiger partial charge in [-0.3, -0.25) is 4.79 Å². The van der Waals surface area contributed by atoms with Gasteiger partial charge in [-0.15, -0.1) is 0 Å². The molecular weight excluding hydrogens is 268 g/mol. The number of hydrogen-bond donors (Lipinski definition) is 2. The molecule has 7 heteroatoms. The number of nitrogens with zero attached hydrogens (tertiary/aromatic N) is 1. The molecule has 1 fully saturated rings. The molecule has 1 heterocycles. The van der Waals surface area contributed by atoms with Gasteiger partial charge in [0.25, 0.3) is 0 Å². The Labute approximate surface area is 114 Å². The fourth-order valence-corrected chi connectivity index (χ4v) is 4.15. The van der Waals surface area contributed by atoms with E-state index in [4.69, 9.17) is 10.8 Å². The van der Waals surface area contributed by atoms with E-state index in [1.54, 1.807) is 0 Å². The van der Waals surface area contributed by atoms with E-state index in [9.17, 15) is 13.2 Å². The number of carbonyl (C=O) groups is 1. The standard InChI is InChI=1S/C12H24N2O4S/c1-9(2)7-11(13)12(16)14(4-5-15)10-3-6-19(17,18)8-10/h9-11,15H,3-8,13H2,1-2H3/t10?,11-/m1/s1. The molecule has 0 aromatic rings. The largest absolute Gasteiger partial charge is 0.395 e. The Balaban J connectivity index is 2.74. The van der Waals surface area contributed by atoms with Gasteiger partial charge < -0.3 is 15.7 Å². The number of aliphatic hydroxyl groups excluding tert-OH is 1. The molecule has 1 aliphatic heterocycles. The summed E-state index contributed by atoms with van der Waals surface area (Å²) >= 11 is 0. The van der Waals surface area contributed by atoms with Crippen LogP contribution in [0.25, 0.3) is 0 Å². The minimum atomic E-state index is -3.06. The van der Waals surface area contributed by atoms with Gasteiger partial charge in [-0.2, -0.15) is 0 Å². The summed E-state index contributed by atoms with van der Waals surface area (Å²) in [5.41, 5.74) is 5.86. The maximum atomic E-state index is 12.3. The third kappa shape index (κ3) is 4.74. The van der Waals surface area contributed by atoms with Crippen LogP contribution in [0.15, 0.2) is 0 Å². The number of amides is 1. The van der Waals surface area contributed by atoms with E-state index in [-0.39, 0.29) is 36.6 Å². The van der Waals surface area contributed by atoms with Crippen LogP contribution >= 0.6 is 0 Å². The van der Waals surface area contributed by atoms with E-state index >= 15 is 0 Å². The summed E-state index contributed by atoms with van der Waals surface area (Å²) in [5.74, 6) is 0.117. The third-order valence-electron chi connectivity index (χ3n) is 3.32. The number of hydrogen-bond acceptors (Lipinski definition) is 5. The molecule has 0 saturated carbocycles. The average molecular weight is 292 g/mol. The van der Waals surface area contributed by atoms with Crippen LogP contribution in [0.1, 0.15) is 26.7 Å². The van der Waals surface area contributed by atoms with Crippen LogP contribution in [-0.4, -0.2) is 61.1 Å². The van der Waals surface area contributed by atoms with E-state index < -0.39 is 15.9 Å². The lowest BCUT2D eigenvalue weighted by Gasteiger charge is -2.30. The Morgan fingerprint density at radius 3 is 2.53 bits per heavy atom. The van der Waals surface area contributed by atoms with Crippen LogP contribution in [0.2, 0.25) is 0 Å². The molecule has 112 valence electrons. The molecule has 0 radical (unpaired) electrons. The maximum absolute atomic E-state index is 12.3. The van der Waals surface area contributed by atoms with Crippen molar-refractivity contribution in [2.45, 2.75) is 38.8 Å². The van der Waals surface area contributed by atoms with Crippen LogP contribution in [0.5, 0.6) is 0 Å². The highest BCUT2D eigenvalue weighted by molar-refractivity contribution is 7.91. The Morgan fingerprint density at radius 1 is 1.47 bits per heavy atom. The molecule has 0 aromatic carbocycles. The van der Waals surface area contributed by atoms with Crippen LogP contribution in [0.3, 0.4) is 0 Å². The van der Waals surface area contributed by atoms with Crippen molar-refractivity contribution in [3.63, 3.8) is 0 Å². The van der Waals surface area contributed by atoms with Gasteiger partial charge in [-0.05, 0) is 18.8 Å². The zero-order valence-corrected chi connectivity index (χ0v) is 12.4. The SMILES string of the molecule is CC(C)C[C@@H](N)C(=O)N(CCO)C1CCS(=O)(=O)C1. The molecule has 1 rings (SSSR count). The third-order valence-corrected chi connectivity index (χ3v) is 5.07. The van der Waals surface area contributed by atoms with Gasteiger partial charge in [0.1, 0.15) is 0 Å². The highest BCUT2D eigenvalue weighted by atomic mass is 32.2. The lowest BCUT2D eigenvalue weighted by Crippen LogP contribution is -2.50. The number of nitrogens with two attached hydrogens (primary N) is 1. The maximum Gasteiger partial charge on any atom is 0.239 e. The molecule has 1 unspecified atom stereocenters. The molecular formula is C12H24N2O4S. The lowest BCUT2D eigenvalue weighted by atomic mass is 10.0. The van der Waals surface area contributed by atoms with E-state index in [2.05, 4.69) is 0 Å². The summed E-state index contributed by atoms with van der Waals surface area (Å²) in [4.78, 5) is 13.7. The summed E-state index contributed by atoms with van der Waals surface area (Å²) in [6.45, 7) is 3.91. The van der Waals surface area contributed by atoms with Crippen molar-refractivity contribution in [2.24, 2.45) is 11.7 Å². The van der Waals surface area contributed by atoms with Crippen molar-refractivity contribution >= 4 is 15.7 Å².